The fourth-order valence-electron chi connectivity index (χ4n) is 2.92. The van der Waals surface area contributed by atoms with E-state index in [0.29, 0.717) is 24.5 Å². The van der Waals surface area contributed by atoms with Crippen molar-refractivity contribution in [3.63, 3.8) is 0 Å². The minimum absolute atomic E-state index is 0.102. The second-order valence-electron chi connectivity index (χ2n) is 6.94. The van der Waals surface area contributed by atoms with Crippen molar-refractivity contribution in [3.8, 4) is 11.5 Å². The first-order valence-electron chi connectivity index (χ1n) is 9.20. The lowest BCUT2D eigenvalue weighted by atomic mass is 10.1. The van der Waals surface area contributed by atoms with Crippen molar-refractivity contribution in [1.29, 1.82) is 0 Å². The number of nitrogens with one attached hydrogen (secondary N) is 1. The van der Waals surface area contributed by atoms with Crippen LogP contribution in [0.1, 0.15) is 16.7 Å². The number of amides is 1. The second-order valence-corrected chi connectivity index (χ2v) is 6.94. The number of rotatable bonds is 9. The Labute approximate surface area is 170 Å². The predicted octanol–water partition coefficient (Wildman–Crippen LogP) is 3.34. The summed E-state index contributed by atoms with van der Waals surface area (Å²) in [6.45, 7) is 4.41. The van der Waals surface area contributed by atoms with Gasteiger partial charge in [0.15, 0.2) is 11.5 Å². The highest BCUT2D eigenvalue weighted by Crippen LogP contribution is 2.28. The van der Waals surface area contributed by atoms with E-state index in [0.717, 1.165) is 16.7 Å². The number of hydrogen-bond donors (Lipinski definition) is 1. The Morgan fingerprint density at radius 1 is 1.10 bits per heavy atom. The Hall–Kier alpha value is -3.13. The van der Waals surface area contributed by atoms with E-state index in [-0.39, 0.29) is 23.8 Å². The summed E-state index contributed by atoms with van der Waals surface area (Å²) in [6.07, 6.45) is 0.716. The van der Waals surface area contributed by atoms with Gasteiger partial charge in [-0.15, -0.1) is 0 Å². The molecule has 0 heterocycles. The predicted molar refractivity (Wildman–Crippen MR) is 112 cm³/mol. The average molecular weight is 401 g/mol. The number of methoxy groups -OCH3 is 2. The zero-order chi connectivity index (χ0) is 21.6. The molecule has 1 N–H and O–H groups in total. The van der Waals surface area contributed by atoms with Gasteiger partial charge < -0.3 is 14.8 Å². The van der Waals surface area contributed by atoms with E-state index in [1.165, 1.54) is 6.07 Å². The summed E-state index contributed by atoms with van der Waals surface area (Å²) in [5.74, 6) is 1.03. The van der Waals surface area contributed by atoms with E-state index in [1.54, 1.807) is 27.2 Å². The summed E-state index contributed by atoms with van der Waals surface area (Å²) in [5.41, 5.74) is 2.86. The van der Waals surface area contributed by atoms with Crippen LogP contribution < -0.4 is 14.8 Å². The molecule has 0 saturated heterocycles. The van der Waals surface area contributed by atoms with Crippen molar-refractivity contribution < 1.29 is 19.2 Å². The first-order chi connectivity index (χ1) is 13.7. The maximum absolute atomic E-state index is 12.4. The van der Waals surface area contributed by atoms with Gasteiger partial charge in [-0.05, 0) is 62.2 Å². The molecule has 0 aliphatic heterocycles. The largest absolute Gasteiger partial charge is 0.493 e. The molecule has 0 spiro atoms. The third-order valence-corrected chi connectivity index (χ3v) is 4.73. The summed E-state index contributed by atoms with van der Waals surface area (Å²) in [5, 5.41) is 13.9. The quantitative estimate of drug-likeness (QED) is 0.512. The van der Waals surface area contributed by atoms with Gasteiger partial charge in [0, 0.05) is 12.6 Å². The number of hydrogen-bond acceptors (Lipinski definition) is 6. The number of anilines is 1. The minimum atomic E-state index is -0.483. The molecule has 8 heteroatoms. The number of nitrogens with zero attached hydrogens (tertiary/aromatic N) is 2. The van der Waals surface area contributed by atoms with Gasteiger partial charge in [-0.2, -0.15) is 0 Å². The molecular formula is C21H27N3O5. The van der Waals surface area contributed by atoms with Crippen molar-refractivity contribution in [2.24, 2.45) is 0 Å². The highest BCUT2D eigenvalue weighted by atomic mass is 16.6. The monoisotopic (exact) mass is 401 g/mol. The number of nitro groups is 1. The molecule has 0 aliphatic carbocycles. The Balaban J connectivity index is 1.96. The summed E-state index contributed by atoms with van der Waals surface area (Å²) in [6, 6.07) is 8.82. The first-order valence-corrected chi connectivity index (χ1v) is 9.20. The molecule has 0 radical (unpaired) electrons. The van der Waals surface area contributed by atoms with E-state index < -0.39 is 4.92 Å². The normalized spacial score (nSPS) is 10.7. The molecule has 0 atom stereocenters. The van der Waals surface area contributed by atoms with Crippen molar-refractivity contribution in [1.82, 2.24) is 4.90 Å². The van der Waals surface area contributed by atoms with Crippen LogP contribution in [0.4, 0.5) is 11.4 Å². The molecule has 2 rings (SSSR count). The van der Waals surface area contributed by atoms with Gasteiger partial charge in [0.05, 0.1) is 25.7 Å². The van der Waals surface area contributed by atoms with Crippen molar-refractivity contribution >= 4 is 17.3 Å². The molecular weight excluding hydrogens is 374 g/mol. The van der Waals surface area contributed by atoms with Gasteiger partial charge in [-0.25, -0.2) is 0 Å². The molecule has 0 saturated carbocycles. The number of carbonyl (C=O) groups is 1. The van der Waals surface area contributed by atoms with Crippen LogP contribution in [0.25, 0.3) is 0 Å². The van der Waals surface area contributed by atoms with Gasteiger partial charge in [-0.3, -0.25) is 19.8 Å². The van der Waals surface area contributed by atoms with E-state index in [4.69, 9.17) is 9.47 Å². The van der Waals surface area contributed by atoms with Crippen LogP contribution in [-0.2, 0) is 11.2 Å². The van der Waals surface area contributed by atoms with Crippen LogP contribution >= 0.6 is 0 Å². The Kier molecular flexibility index (Phi) is 7.55. The molecule has 0 bridgehead atoms. The molecule has 0 aromatic heterocycles. The highest BCUT2D eigenvalue weighted by molar-refractivity contribution is 5.94. The van der Waals surface area contributed by atoms with Crippen molar-refractivity contribution in [2.45, 2.75) is 20.3 Å². The highest BCUT2D eigenvalue weighted by Gasteiger charge is 2.18. The number of benzene rings is 2. The van der Waals surface area contributed by atoms with Gasteiger partial charge in [-0.1, -0.05) is 6.07 Å². The van der Waals surface area contributed by atoms with Crippen LogP contribution in [-0.4, -0.2) is 50.1 Å². The maximum Gasteiger partial charge on any atom is 0.293 e. The van der Waals surface area contributed by atoms with Gasteiger partial charge in [0.25, 0.3) is 5.69 Å². The molecule has 29 heavy (non-hydrogen) atoms. The maximum atomic E-state index is 12.4. The molecule has 2 aromatic rings. The molecule has 0 fully saturated rings. The molecule has 8 nitrogen and oxygen atoms in total. The number of carbonyl (C=O) groups excluding carboxylic acids is 1. The Morgan fingerprint density at radius 3 is 2.38 bits per heavy atom. The van der Waals surface area contributed by atoms with E-state index >= 15 is 0 Å². The SMILES string of the molecule is COc1ccc(CCN(C)CC(=O)Nc2cc(C)c(C)cc2[N+](=O)[O-])cc1OC. The van der Waals surface area contributed by atoms with Gasteiger partial charge in [0.1, 0.15) is 5.69 Å². The lowest BCUT2D eigenvalue weighted by Gasteiger charge is -2.17. The Bertz CT molecular complexity index is 898. The molecule has 0 aliphatic rings. The first kappa shape index (κ1) is 22.2. The fourth-order valence-corrected chi connectivity index (χ4v) is 2.92. The van der Waals surface area contributed by atoms with Gasteiger partial charge in [0.2, 0.25) is 5.91 Å². The molecule has 1 amide bonds. The minimum Gasteiger partial charge on any atom is -0.493 e. The third kappa shape index (κ3) is 5.92. The van der Waals surface area contributed by atoms with Crippen LogP contribution in [0.5, 0.6) is 11.5 Å². The standard InChI is InChI=1S/C21H27N3O5/c1-14-10-17(18(24(26)27)11-15(14)2)22-21(25)13-23(3)9-8-16-6-7-19(28-4)20(12-16)29-5/h6-7,10-12H,8-9,13H2,1-5H3,(H,22,25). The topological polar surface area (TPSA) is 93.9 Å². The summed E-state index contributed by atoms with van der Waals surface area (Å²) < 4.78 is 10.5. The molecule has 156 valence electrons. The number of nitro benzene ring substituents is 1. The summed E-state index contributed by atoms with van der Waals surface area (Å²) in [4.78, 5) is 25.0. The lowest BCUT2D eigenvalue weighted by Crippen LogP contribution is -2.31. The molecule has 0 unspecified atom stereocenters. The van der Waals surface area contributed by atoms with E-state index in [9.17, 15) is 14.9 Å². The van der Waals surface area contributed by atoms with Crippen LogP contribution in [0.3, 0.4) is 0 Å². The fraction of sp³-hybridized carbons (Fsp3) is 0.381. The zero-order valence-electron chi connectivity index (χ0n) is 17.4. The molecule has 2 aromatic carbocycles. The van der Waals surface area contributed by atoms with Crippen LogP contribution in [0.15, 0.2) is 30.3 Å². The Morgan fingerprint density at radius 2 is 1.76 bits per heavy atom. The average Bonchev–Trinajstić information content (AvgIpc) is 2.68. The number of ether oxygens (including phenoxy) is 2. The zero-order valence-corrected chi connectivity index (χ0v) is 17.4. The van der Waals surface area contributed by atoms with E-state index in [2.05, 4.69) is 5.32 Å². The third-order valence-electron chi connectivity index (χ3n) is 4.73. The summed E-state index contributed by atoms with van der Waals surface area (Å²) in [7, 11) is 5.00. The second kappa shape index (κ2) is 9.88. The lowest BCUT2D eigenvalue weighted by molar-refractivity contribution is -0.384. The van der Waals surface area contributed by atoms with E-state index in [1.807, 2.05) is 37.1 Å². The van der Waals surface area contributed by atoms with Crippen molar-refractivity contribution in [3.05, 3.63) is 57.1 Å². The summed E-state index contributed by atoms with van der Waals surface area (Å²) >= 11 is 0. The van der Waals surface area contributed by atoms with Gasteiger partial charge >= 0.3 is 0 Å². The smallest absolute Gasteiger partial charge is 0.293 e. The van der Waals surface area contributed by atoms with Crippen LogP contribution in [0, 0.1) is 24.0 Å². The number of aryl methyl sites for hydroxylation is 2. The van der Waals surface area contributed by atoms with Crippen molar-refractivity contribution in [2.75, 3.05) is 39.7 Å². The van der Waals surface area contributed by atoms with Crippen LogP contribution in [0.2, 0.25) is 0 Å². The number of likely N-dealkylation sites (N-methyl/N-ethyl adjacent to an activating group) is 1.